The van der Waals surface area contributed by atoms with E-state index >= 15 is 0 Å². The van der Waals surface area contributed by atoms with Crippen molar-refractivity contribution in [2.45, 2.75) is 25.3 Å². The van der Waals surface area contributed by atoms with Crippen LogP contribution in [0, 0.1) is 0 Å². The van der Waals surface area contributed by atoms with Gasteiger partial charge in [0.2, 0.25) is 0 Å². The number of hydrogen-bond acceptors (Lipinski definition) is 4. The van der Waals surface area contributed by atoms with Gasteiger partial charge in [0, 0.05) is 25.0 Å². The number of nitrogens with one attached hydrogen (secondary N) is 2. The van der Waals surface area contributed by atoms with Crippen molar-refractivity contribution in [3.63, 3.8) is 0 Å². The summed E-state index contributed by atoms with van der Waals surface area (Å²) in [4.78, 5) is 8.16. The Morgan fingerprint density at radius 1 is 1.43 bits per heavy atom. The zero-order valence-corrected chi connectivity index (χ0v) is 8.24. The molecule has 1 aliphatic heterocycles. The molecule has 0 saturated carbocycles. The first-order valence-corrected chi connectivity index (χ1v) is 5.18. The van der Waals surface area contributed by atoms with Gasteiger partial charge in [-0.3, -0.25) is 4.98 Å². The van der Waals surface area contributed by atoms with E-state index in [0.717, 1.165) is 18.9 Å². The van der Waals surface area contributed by atoms with Crippen molar-refractivity contribution in [2.75, 3.05) is 18.4 Å². The van der Waals surface area contributed by atoms with E-state index in [1.54, 1.807) is 18.6 Å². The summed E-state index contributed by atoms with van der Waals surface area (Å²) in [6.45, 7) is 2.09. The predicted molar refractivity (Wildman–Crippen MR) is 56.2 cm³/mol. The zero-order chi connectivity index (χ0) is 9.64. The fraction of sp³-hybridized carbons (Fsp3) is 0.600. The quantitative estimate of drug-likeness (QED) is 0.751. The number of piperidine rings is 1. The number of nitrogens with zero attached hydrogens (tertiary/aromatic N) is 2. The van der Waals surface area contributed by atoms with Gasteiger partial charge in [-0.25, -0.2) is 4.98 Å². The van der Waals surface area contributed by atoms with Gasteiger partial charge in [-0.2, -0.15) is 0 Å². The van der Waals surface area contributed by atoms with Gasteiger partial charge in [-0.1, -0.05) is 6.42 Å². The summed E-state index contributed by atoms with van der Waals surface area (Å²) in [6, 6.07) is 0.589. The molecule has 2 N–H and O–H groups in total. The molecule has 1 aromatic heterocycles. The Morgan fingerprint density at radius 2 is 2.43 bits per heavy atom. The van der Waals surface area contributed by atoms with Gasteiger partial charge in [-0.15, -0.1) is 0 Å². The third-order valence-electron chi connectivity index (χ3n) is 2.51. The Balaban J connectivity index is 1.76. The van der Waals surface area contributed by atoms with E-state index in [2.05, 4.69) is 20.6 Å². The van der Waals surface area contributed by atoms with Crippen molar-refractivity contribution in [2.24, 2.45) is 0 Å². The first-order chi connectivity index (χ1) is 6.95. The van der Waals surface area contributed by atoms with E-state index in [-0.39, 0.29) is 0 Å². The monoisotopic (exact) mass is 192 g/mol. The summed E-state index contributed by atoms with van der Waals surface area (Å²) in [5.74, 6) is 0.861. The predicted octanol–water partition coefficient (Wildman–Crippen LogP) is 1.03. The van der Waals surface area contributed by atoms with Crippen LogP contribution in [0.1, 0.15) is 19.3 Å². The minimum absolute atomic E-state index is 0.589. The molecule has 2 rings (SSSR count). The van der Waals surface area contributed by atoms with Gasteiger partial charge in [0.25, 0.3) is 0 Å². The highest BCUT2D eigenvalue weighted by Gasteiger charge is 2.11. The van der Waals surface area contributed by atoms with Crippen molar-refractivity contribution in [3.8, 4) is 0 Å². The van der Waals surface area contributed by atoms with Gasteiger partial charge in [-0.05, 0) is 19.4 Å². The summed E-state index contributed by atoms with van der Waals surface area (Å²) >= 11 is 0. The lowest BCUT2D eigenvalue weighted by Gasteiger charge is -2.23. The Kier molecular flexibility index (Phi) is 3.29. The van der Waals surface area contributed by atoms with Crippen LogP contribution in [0.2, 0.25) is 0 Å². The van der Waals surface area contributed by atoms with Gasteiger partial charge in [0.05, 0.1) is 6.20 Å². The second kappa shape index (κ2) is 4.91. The van der Waals surface area contributed by atoms with Gasteiger partial charge in [0.15, 0.2) is 0 Å². The van der Waals surface area contributed by atoms with Gasteiger partial charge >= 0.3 is 0 Å². The van der Waals surface area contributed by atoms with Crippen LogP contribution in [0.4, 0.5) is 5.82 Å². The van der Waals surface area contributed by atoms with Gasteiger partial charge in [0.1, 0.15) is 5.82 Å². The van der Waals surface area contributed by atoms with Crippen molar-refractivity contribution < 1.29 is 0 Å². The molecule has 0 aromatic carbocycles. The molecule has 1 fully saturated rings. The molecule has 0 radical (unpaired) electrons. The summed E-state index contributed by atoms with van der Waals surface area (Å²) in [5.41, 5.74) is 0. The Bertz CT molecular complexity index is 256. The van der Waals surface area contributed by atoms with Gasteiger partial charge < -0.3 is 10.6 Å². The van der Waals surface area contributed by atoms with E-state index < -0.39 is 0 Å². The molecule has 0 amide bonds. The molecule has 1 aromatic rings. The lowest BCUT2D eigenvalue weighted by molar-refractivity contribution is 0.414. The van der Waals surface area contributed by atoms with Crippen LogP contribution in [-0.4, -0.2) is 29.1 Å². The van der Waals surface area contributed by atoms with Crippen molar-refractivity contribution in [1.29, 1.82) is 0 Å². The standard InChI is InChI=1S/C10H16N4/c1-2-4-12-9(3-1)7-14-10-8-11-5-6-13-10/h5-6,8-9,12H,1-4,7H2,(H,13,14). The minimum atomic E-state index is 0.589. The van der Waals surface area contributed by atoms with Crippen LogP contribution in [0.15, 0.2) is 18.6 Å². The van der Waals surface area contributed by atoms with Crippen LogP contribution >= 0.6 is 0 Å². The van der Waals surface area contributed by atoms with Crippen LogP contribution in [0.3, 0.4) is 0 Å². The molecular weight excluding hydrogens is 176 g/mol. The third kappa shape index (κ3) is 2.67. The highest BCUT2D eigenvalue weighted by Crippen LogP contribution is 2.07. The Hall–Kier alpha value is -1.16. The van der Waals surface area contributed by atoms with E-state index in [4.69, 9.17) is 0 Å². The molecule has 4 heteroatoms. The first kappa shape index (κ1) is 9.40. The fourth-order valence-corrected chi connectivity index (χ4v) is 1.72. The molecular formula is C10H16N4. The maximum absolute atomic E-state index is 4.16. The largest absolute Gasteiger partial charge is 0.367 e. The van der Waals surface area contributed by atoms with E-state index in [9.17, 15) is 0 Å². The molecule has 1 atom stereocenters. The molecule has 1 unspecified atom stereocenters. The first-order valence-electron chi connectivity index (χ1n) is 5.18. The Morgan fingerprint density at radius 3 is 3.14 bits per heavy atom. The highest BCUT2D eigenvalue weighted by atomic mass is 15.0. The topological polar surface area (TPSA) is 49.8 Å². The highest BCUT2D eigenvalue weighted by molar-refractivity contribution is 5.29. The average Bonchev–Trinajstić information content (AvgIpc) is 2.29. The van der Waals surface area contributed by atoms with Crippen molar-refractivity contribution in [1.82, 2.24) is 15.3 Å². The van der Waals surface area contributed by atoms with Crippen molar-refractivity contribution in [3.05, 3.63) is 18.6 Å². The SMILES string of the molecule is c1cnc(NCC2CCCCN2)cn1. The number of rotatable bonds is 3. The summed E-state index contributed by atoms with van der Waals surface area (Å²) in [5, 5.41) is 6.76. The maximum Gasteiger partial charge on any atom is 0.144 e. The van der Waals surface area contributed by atoms with Crippen LogP contribution in [0.5, 0.6) is 0 Å². The molecule has 1 aliphatic rings. The number of aromatic nitrogens is 2. The molecule has 0 spiro atoms. The molecule has 14 heavy (non-hydrogen) atoms. The summed E-state index contributed by atoms with van der Waals surface area (Å²) in [6.07, 6.45) is 9.04. The lowest BCUT2D eigenvalue weighted by Crippen LogP contribution is -2.39. The molecule has 4 nitrogen and oxygen atoms in total. The Labute approximate surface area is 84.2 Å². The summed E-state index contributed by atoms with van der Waals surface area (Å²) < 4.78 is 0. The van der Waals surface area contributed by atoms with E-state index in [1.807, 2.05) is 0 Å². The van der Waals surface area contributed by atoms with E-state index in [0.29, 0.717) is 6.04 Å². The normalized spacial score (nSPS) is 21.9. The minimum Gasteiger partial charge on any atom is -0.367 e. The van der Waals surface area contributed by atoms with Crippen LogP contribution in [0.25, 0.3) is 0 Å². The second-order valence-electron chi connectivity index (χ2n) is 3.62. The summed E-state index contributed by atoms with van der Waals surface area (Å²) in [7, 11) is 0. The molecule has 76 valence electrons. The molecule has 1 saturated heterocycles. The maximum atomic E-state index is 4.16. The molecule has 2 heterocycles. The fourth-order valence-electron chi connectivity index (χ4n) is 1.72. The third-order valence-corrected chi connectivity index (χ3v) is 2.51. The zero-order valence-electron chi connectivity index (χ0n) is 8.24. The lowest BCUT2D eigenvalue weighted by atomic mass is 10.1. The van der Waals surface area contributed by atoms with Crippen molar-refractivity contribution >= 4 is 5.82 Å². The van der Waals surface area contributed by atoms with Crippen LogP contribution < -0.4 is 10.6 Å². The number of hydrogen-bond donors (Lipinski definition) is 2. The number of anilines is 1. The van der Waals surface area contributed by atoms with Crippen LogP contribution in [-0.2, 0) is 0 Å². The second-order valence-corrected chi connectivity index (χ2v) is 3.62. The smallest absolute Gasteiger partial charge is 0.144 e. The average molecular weight is 192 g/mol. The molecule has 0 aliphatic carbocycles. The van der Waals surface area contributed by atoms with E-state index in [1.165, 1.54) is 19.3 Å². The molecule has 0 bridgehead atoms.